The molecule has 2 heterocycles. The molecular formula is C24H24N4O4. The molecule has 8 nitrogen and oxygen atoms in total. The van der Waals surface area contributed by atoms with Crippen LogP contribution in [0.2, 0.25) is 0 Å². The molecule has 0 aliphatic heterocycles. The van der Waals surface area contributed by atoms with Crippen molar-refractivity contribution >= 4 is 16.9 Å². The van der Waals surface area contributed by atoms with Crippen molar-refractivity contribution in [1.82, 2.24) is 20.5 Å². The highest BCUT2D eigenvalue weighted by molar-refractivity contribution is 5.94. The molecule has 0 bridgehead atoms. The summed E-state index contributed by atoms with van der Waals surface area (Å²) in [7, 11) is 0. The molecule has 0 aliphatic carbocycles. The van der Waals surface area contributed by atoms with E-state index in [4.69, 9.17) is 9.47 Å². The smallest absolute Gasteiger partial charge is 0.251 e. The summed E-state index contributed by atoms with van der Waals surface area (Å²) >= 11 is 0. The van der Waals surface area contributed by atoms with Gasteiger partial charge in [-0.05, 0) is 49.7 Å². The fourth-order valence-electron chi connectivity index (χ4n) is 3.16. The number of aromatic nitrogens is 3. The number of H-pyrrole nitrogens is 1. The number of carbonyl (C=O) groups excluding carboxylic acids is 1. The normalized spacial score (nSPS) is 10.8. The van der Waals surface area contributed by atoms with Crippen LogP contribution < -0.4 is 14.8 Å². The van der Waals surface area contributed by atoms with Gasteiger partial charge >= 0.3 is 0 Å². The topological polar surface area (TPSA) is 109 Å². The Balaban J connectivity index is 1.30. The summed E-state index contributed by atoms with van der Waals surface area (Å²) in [6.45, 7) is 3.09. The number of rotatable bonds is 9. The van der Waals surface area contributed by atoms with Crippen molar-refractivity contribution in [3.05, 3.63) is 77.6 Å². The third kappa shape index (κ3) is 5.15. The number of amides is 1. The molecule has 2 aromatic carbocycles. The van der Waals surface area contributed by atoms with Crippen LogP contribution in [0.15, 0.2) is 60.8 Å². The highest BCUT2D eigenvalue weighted by Gasteiger charge is 2.11. The summed E-state index contributed by atoms with van der Waals surface area (Å²) in [6, 6.07) is 16.0. The lowest BCUT2D eigenvalue weighted by Gasteiger charge is -2.11. The number of phenols is 1. The average molecular weight is 432 g/mol. The van der Waals surface area contributed by atoms with Crippen molar-refractivity contribution in [3.8, 4) is 17.2 Å². The van der Waals surface area contributed by atoms with Crippen LogP contribution in [0.4, 0.5) is 0 Å². The molecule has 0 saturated heterocycles. The summed E-state index contributed by atoms with van der Waals surface area (Å²) < 4.78 is 11.4. The SMILES string of the molecule is Cc1[nH]nc2ncc(COc3cc(C(=O)NCCCOc4ccccc4)ccc3O)cc12. The van der Waals surface area contributed by atoms with Crippen LogP contribution in [0.5, 0.6) is 17.2 Å². The number of hydrogen-bond donors (Lipinski definition) is 3. The van der Waals surface area contributed by atoms with E-state index in [0.29, 0.717) is 30.8 Å². The fourth-order valence-corrected chi connectivity index (χ4v) is 3.16. The van der Waals surface area contributed by atoms with E-state index < -0.39 is 0 Å². The number of carbonyl (C=O) groups is 1. The van der Waals surface area contributed by atoms with Gasteiger partial charge in [-0.3, -0.25) is 9.89 Å². The summed E-state index contributed by atoms with van der Waals surface area (Å²) in [5.41, 5.74) is 2.79. The maximum Gasteiger partial charge on any atom is 0.251 e. The van der Waals surface area contributed by atoms with E-state index in [2.05, 4.69) is 20.5 Å². The predicted molar refractivity (Wildman–Crippen MR) is 120 cm³/mol. The van der Waals surface area contributed by atoms with Gasteiger partial charge in [0, 0.05) is 34.9 Å². The lowest BCUT2D eigenvalue weighted by molar-refractivity contribution is 0.0951. The van der Waals surface area contributed by atoms with Gasteiger partial charge in [-0.2, -0.15) is 5.10 Å². The van der Waals surface area contributed by atoms with Crippen molar-refractivity contribution in [2.75, 3.05) is 13.2 Å². The minimum atomic E-state index is -0.244. The Morgan fingerprint density at radius 1 is 1.12 bits per heavy atom. The monoisotopic (exact) mass is 432 g/mol. The number of aromatic amines is 1. The number of aromatic hydroxyl groups is 1. The van der Waals surface area contributed by atoms with Crippen LogP contribution in [-0.2, 0) is 6.61 Å². The molecule has 0 spiro atoms. The van der Waals surface area contributed by atoms with E-state index in [1.807, 2.05) is 43.3 Å². The molecule has 0 fully saturated rings. The first-order chi connectivity index (χ1) is 15.6. The zero-order valence-corrected chi connectivity index (χ0v) is 17.7. The Kier molecular flexibility index (Phi) is 6.50. The van der Waals surface area contributed by atoms with E-state index in [9.17, 15) is 9.90 Å². The Labute approximate surface area is 185 Å². The van der Waals surface area contributed by atoms with Gasteiger partial charge in [0.1, 0.15) is 12.4 Å². The van der Waals surface area contributed by atoms with E-state index in [-0.39, 0.29) is 24.0 Å². The third-order valence-electron chi connectivity index (χ3n) is 4.89. The first kappa shape index (κ1) is 21.2. The number of hydrogen-bond acceptors (Lipinski definition) is 6. The van der Waals surface area contributed by atoms with E-state index in [1.165, 1.54) is 12.1 Å². The number of fused-ring (bicyclic) bond motifs is 1. The number of para-hydroxylation sites is 1. The average Bonchev–Trinajstić information content (AvgIpc) is 3.19. The van der Waals surface area contributed by atoms with Crippen molar-refractivity contribution in [3.63, 3.8) is 0 Å². The molecule has 4 aromatic rings. The summed E-state index contributed by atoms with van der Waals surface area (Å²) in [5.74, 6) is 0.753. The zero-order chi connectivity index (χ0) is 22.3. The summed E-state index contributed by atoms with van der Waals surface area (Å²) in [6.07, 6.45) is 2.35. The molecule has 0 radical (unpaired) electrons. The number of ether oxygens (including phenoxy) is 2. The third-order valence-corrected chi connectivity index (χ3v) is 4.89. The Hall–Kier alpha value is -4.07. The molecular weight excluding hydrogens is 408 g/mol. The molecule has 0 unspecified atom stereocenters. The van der Waals surface area contributed by atoms with Gasteiger partial charge in [-0.15, -0.1) is 0 Å². The number of phenolic OH excluding ortho intramolecular Hbond substituents is 1. The van der Waals surface area contributed by atoms with E-state index >= 15 is 0 Å². The quantitative estimate of drug-likeness (QED) is 0.348. The fraction of sp³-hybridized carbons (Fsp3) is 0.208. The molecule has 164 valence electrons. The molecule has 0 aliphatic rings. The van der Waals surface area contributed by atoms with E-state index in [1.54, 1.807) is 12.3 Å². The number of pyridine rings is 1. The van der Waals surface area contributed by atoms with Crippen LogP contribution in [0.25, 0.3) is 11.0 Å². The lowest BCUT2D eigenvalue weighted by atomic mass is 10.2. The van der Waals surface area contributed by atoms with Gasteiger partial charge < -0.3 is 19.9 Å². The maximum atomic E-state index is 12.5. The molecule has 2 aromatic heterocycles. The van der Waals surface area contributed by atoms with Crippen LogP contribution in [-0.4, -0.2) is 39.3 Å². The van der Waals surface area contributed by atoms with E-state index in [0.717, 1.165) is 22.4 Å². The van der Waals surface area contributed by atoms with Gasteiger partial charge in [-0.25, -0.2) is 4.98 Å². The first-order valence-electron chi connectivity index (χ1n) is 10.3. The van der Waals surface area contributed by atoms with Gasteiger partial charge in [0.2, 0.25) is 0 Å². The first-order valence-corrected chi connectivity index (χ1v) is 10.3. The Bertz CT molecular complexity index is 1210. The highest BCUT2D eigenvalue weighted by atomic mass is 16.5. The molecule has 4 rings (SSSR count). The van der Waals surface area contributed by atoms with Crippen LogP contribution in [0, 0.1) is 6.92 Å². The van der Waals surface area contributed by atoms with Crippen LogP contribution in [0.3, 0.4) is 0 Å². The van der Waals surface area contributed by atoms with Crippen molar-refractivity contribution < 1.29 is 19.4 Å². The summed E-state index contributed by atoms with van der Waals surface area (Å²) in [4.78, 5) is 16.8. The molecule has 0 saturated carbocycles. The second kappa shape index (κ2) is 9.82. The van der Waals surface area contributed by atoms with Crippen molar-refractivity contribution in [1.29, 1.82) is 0 Å². The standard InChI is InChI=1S/C24H24N4O4/c1-16-20-12-17(14-26-23(20)28-27-16)15-32-22-13-18(8-9-21(22)29)24(30)25-10-5-11-31-19-6-3-2-4-7-19/h2-4,6-9,12-14,29H,5,10-11,15H2,1H3,(H,25,30)(H,26,27,28). The van der Waals surface area contributed by atoms with Crippen molar-refractivity contribution in [2.24, 2.45) is 0 Å². The number of aryl methyl sites for hydroxylation is 1. The summed E-state index contributed by atoms with van der Waals surface area (Å²) in [5, 5.41) is 20.9. The lowest BCUT2D eigenvalue weighted by Crippen LogP contribution is -2.25. The number of nitrogens with one attached hydrogen (secondary N) is 2. The minimum absolute atomic E-state index is 0.0358. The molecule has 32 heavy (non-hydrogen) atoms. The van der Waals surface area contributed by atoms with Gasteiger partial charge in [0.15, 0.2) is 17.1 Å². The van der Waals surface area contributed by atoms with Gasteiger partial charge in [0.05, 0.1) is 6.61 Å². The number of nitrogens with zero attached hydrogens (tertiary/aromatic N) is 2. The van der Waals surface area contributed by atoms with Crippen molar-refractivity contribution in [2.45, 2.75) is 20.0 Å². The molecule has 0 atom stereocenters. The highest BCUT2D eigenvalue weighted by Crippen LogP contribution is 2.28. The zero-order valence-electron chi connectivity index (χ0n) is 17.7. The van der Waals surface area contributed by atoms with Crippen LogP contribution in [0.1, 0.15) is 28.0 Å². The minimum Gasteiger partial charge on any atom is -0.504 e. The van der Waals surface area contributed by atoms with Crippen LogP contribution >= 0.6 is 0 Å². The van der Waals surface area contributed by atoms with Gasteiger partial charge in [-0.1, -0.05) is 18.2 Å². The molecule has 8 heteroatoms. The Morgan fingerprint density at radius 2 is 1.97 bits per heavy atom. The second-order valence-electron chi connectivity index (χ2n) is 7.31. The maximum absolute atomic E-state index is 12.5. The van der Waals surface area contributed by atoms with Gasteiger partial charge in [0.25, 0.3) is 5.91 Å². The Morgan fingerprint density at radius 3 is 2.81 bits per heavy atom. The second-order valence-corrected chi connectivity index (χ2v) is 7.31. The predicted octanol–water partition coefficient (Wildman–Crippen LogP) is 3.75. The molecule has 3 N–H and O–H groups in total. The number of benzene rings is 2. The molecule has 1 amide bonds. The largest absolute Gasteiger partial charge is 0.504 e.